The molecule has 0 aromatic heterocycles. The van der Waals surface area contributed by atoms with E-state index in [-0.39, 0.29) is 23.4 Å². The molecule has 30 heavy (non-hydrogen) atoms. The zero-order valence-electron chi connectivity index (χ0n) is 16.9. The van der Waals surface area contributed by atoms with Crippen LogP contribution in [0.15, 0.2) is 48.0 Å². The van der Waals surface area contributed by atoms with Crippen molar-refractivity contribution >= 4 is 17.4 Å². The molecule has 2 aromatic carbocycles. The van der Waals surface area contributed by atoms with Gasteiger partial charge in [-0.25, -0.2) is 8.78 Å². The third-order valence-corrected chi connectivity index (χ3v) is 4.92. The van der Waals surface area contributed by atoms with E-state index in [1.54, 1.807) is 6.07 Å². The lowest BCUT2D eigenvalue weighted by atomic mass is 9.95. The number of nitrogens with zero attached hydrogens (tertiary/aromatic N) is 2. The number of rotatable bonds is 6. The number of methoxy groups -OCH3 is 1. The SMILES string of the molecule is COc1ccc(C(O)=C2C(=O)C(=O)N(CCN(C)C)C2c2cccc(F)c2)cc1F. The number of hydrogen-bond acceptors (Lipinski definition) is 5. The van der Waals surface area contributed by atoms with Gasteiger partial charge >= 0.3 is 0 Å². The average molecular weight is 416 g/mol. The Kier molecular flexibility index (Phi) is 6.17. The summed E-state index contributed by atoms with van der Waals surface area (Å²) in [5, 5.41) is 10.9. The summed E-state index contributed by atoms with van der Waals surface area (Å²) in [7, 11) is 4.93. The summed E-state index contributed by atoms with van der Waals surface area (Å²) in [5.74, 6) is -3.54. The number of benzene rings is 2. The standard InChI is InChI=1S/C22H22F2N2O4/c1-25(2)9-10-26-19(13-5-4-6-15(23)11-13)18(21(28)22(26)29)20(27)14-7-8-17(30-3)16(24)12-14/h4-8,11-12,19,27H,9-10H2,1-3H3. The average Bonchev–Trinajstić information content (AvgIpc) is 2.96. The molecule has 1 amide bonds. The molecule has 1 unspecified atom stereocenters. The van der Waals surface area contributed by atoms with Crippen molar-refractivity contribution in [2.24, 2.45) is 0 Å². The number of halogens is 2. The van der Waals surface area contributed by atoms with Crippen LogP contribution in [0.3, 0.4) is 0 Å². The van der Waals surface area contributed by atoms with Gasteiger partial charge in [0.25, 0.3) is 11.7 Å². The van der Waals surface area contributed by atoms with E-state index in [0.29, 0.717) is 12.1 Å². The lowest BCUT2D eigenvalue weighted by molar-refractivity contribution is -0.140. The zero-order valence-corrected chi connectivity index (χ0v) is 16.9. The van der Waals surface area contributed by atoms with Crippen molar-refractivity contribution < 1.29 is 28.2 Å². The molecule has 0 radical (unpaired) electrons. The van der Waals surface area contributed by atoms with Gasteiger partial charge in [-0.3, -0.25) is 9.59 Å². The van der Waals surface area contributed by atoms with E-state index < -0.39 is 35.1 Å². The van der Waals surface area contributed by atoms with Crippen LogP contribution >= 0.6 is 0 Å². The van der Waals surface area contributed by atoms with Crippen molar-refractivity contribution in [3.05, 3.63) is 70.8 Å². The molecule has 0 spiro atoms. The van der Waals surface area contributed by atoms with E-state index in [1.807, 2.05) is 19.0 Å². The quantitative estimate of drug-likeness (QED) is 0.446. The first-order chi connectivity index (χ1) is 14.2. The zero-order chi connectivity index (χ0) is 22.0. The molecule has 1 saturated heterocycles. The second kappa shape index (κ2) is 8.62. The summed E-state index contributed by atoms with van der Waals surface area (Å²) in [6.45, 7) is 0.641. The van der Waals surface area contributed by atoms with Crippen molar-refractivity contribution in [2.45, 2.75) is 6.04 Å². The molecule has 8 heteroatoms. The fraction of sp³-hybridized carbons (Fsp3) is 0.273. The normalized spacial score (nSPS) is 18.3. The molecule has 2 aromatic rings. The molecule has 1 fully saturated rings. The molecular formula is C22H22F2N2O4. The first-order valence-electron chi connectivity index (χ1n) is 9.27. The van der Waals surface area contributed by atoms with Gasteiger partial charge in [0, 0.05) is 18.7 Å². The Labute approximate surface area is 173 Å². The minimum Gasteiger partial charge on any atom is -0.507 e. The fourth-order valence-corrected chi connectivity index (χ4v) is 3.41. The first-order valence-corrected chi connectivity index (χ1v) is 9.27. The summed E-state index contributed by atoms with van der Waals surface area (Å²) in [4.78, 5) is 28.7. The summed E-state index contributed by atoms with van der Waals surface area (Å²) >= 11 is 0. The van der Waals surface area contributed by atoms with E-state index in [9.17, 15) is 23.5 Å². The van der Waals surface area contributed by atoms with E-state index in [4.69, 9.17) is 4.74 Å². The molecule has 158 valence electrons. The Bertz CT molecular complexity index is 1020. The Morgan fingerprint density at radius 1 is 1.17 bits per heavy atom. The maximum Gasteiger partial charge on any atom is 0.295 e. The number of Topliss-reactive ketones (excluding diaryl/α,β-unsaturated/α-hetero) is 1. The minimum absolute atomic E-state index is 0.0142. The Hall–Kier alpha value is -3.26. The van der Waals surface area contributed by atoms with Crippen molar-refractivity contribution in [3.8, 4) is 5.75 Å². The predicted octanol–water partition coefficient (Wildman–Crippen LogP) is 2.96. The lowest BCUT2D eigenvalue weighted by Gasteiger charge is -2.26. The van der Waals surface area contributed by atoms with Gasteiger partial charge in [-0.2, -0.15) is 0 Å². The van der Waals surface area contributed by atoms with Crippen LogP contribution in [-0.2, 0) is 9.59 Å². The minimum atomic E-state index is -0.995. The van der Waals surface area contributed by atoms with Crippen LogP contribution in [0.5, 0.6) is 5.75 Å². The number of likely N-dealkylation sites (N-methyl/N-ethyl adjacent to an activating group) is 1. The Morgan fingerprint density at radius 2 is 1.90 bits per heavy atom. The summed E-state index contributed by atoms with van der Waals surface area (Å²) in [6.07, 6.45) is 0. The van der Waals surface area contributed by atoms with Crippen LogP contribution in [0.2, 0.25) is 0 Å². The van der Waals surface area contributed by atoms with Crippen molar-refractivity contribution in [1.82, 2.24) is 9.80 Å². The smallest absolute Gasteiger partial charge is 0.295 e. The Balaban J connectivity index is 2.16. The number of likely N-dealkylation sites (tertiary alicyclic amines) is 1. The monoisotopic (exact) mass is 416 g/mol. The Morgan fingerprint density at radius 3 is 2.50 bits per heavy atom. The molecule has 1 atom stereocenters. The summed E-state index contributed by atoms with van der Waals surface area (Å²) in [6, 6.07) is 8.20. The maximum atomic E-state index is 14.2. The molecule has 3 rings (SSSR count). The van der Waals surface area contributed by atoms with Crippen LogP contribution in [0.25, 0.3) is 5.76 Å². The highest BCUT2D eigenvalue weighted by atomic mass is 19.1. The number of ether oxygens (including phenoxy) is 1. The van der Waals surface area contributed by atoms with Crippen LogP contribution < -0.4 is 4.74 Å². The van der Waals surface area contributed by atoms with Gasteiger partial charge in [0.05, 0.1) is 18.7 Å². The molecule has 0 aliphatic carbocycles. The summed E-state index contributed by atoms with van der Waals surface area (Å²) < 4.78 is 32.9. The fourth-order valence-electron chi connectivity index (χ4n) is 3.41. The third kappa shape index (κ3) is 4.04. The van der Waals surface area contributed by atoms with Gasteiger partial charge in [0.15, 0.2) is 11.6 Å². The number of carbonyl (C=O) groups excluding carboxylic acids is 2. The highest BCUT2D eigenvalue weighted by Crippen LogP contribution is 2.39. The number of amides is 1. The highest BCUT2D eigenvalue weighted by Gasteiger charge is 2.46. The second-order valence-corrected chi connectivity index (χ2v) is 7.20. The molecule has 1 aliphatic heterocycles. The molecule has 6 nitrogen and oxygen atoms in total. The van der Waals surface area contributed by atoms with Crippen molar-refractivity contribution in [3.63, 3.8) is 0 Å². The van der Waals surface area contributed by atoms with E-state index in [1.165, 1.54) is 42.3 Å². The van der Waals surface area contributed by atoms with Gasteiger partial charge in [0.1, 0.15) is 11.6 Å². The van der Waals surface area contributed by atoms with Gasteiger partial charge < -0.3 is 19.6 Å². The molecule has 1 heterocycles. The first kappa shape index (κ1) is 21.4. The topological polar surface area (TPSA) is 70.1 Å². The van der Waals surface area contributed by atoms with Crippen molar-refractivity contribution in [2.75, 3.05) is 34.3 Å². The van der Waals surface area contributed by atoms with E-state index in [2.05, 4.69) is 0 Å². The van der Waals surface area contributed by atoms with Gasteiger partial charge in [-0.15, -0.1) is 0 Å². The van der Waals surface area contributed by atoms with E-state index in [0.717, 1.165) is 6.07 Å². The van der Waals surface area contributed by atoms with Crippen LogP contribution in [0, 0.1) is 11.6 Å². The van der Waals surface area contributed by atoms with Crippen molar-refractivity contribution in [1.29, 1.82) is 0 Å². The van der Waals surface area contributed by atoms with Crippen LogP contribution in [0.4, 0.5) is 8.78 Å². The largest absolute Gasteiger partial charge is 0.507 e. The molecule has 0 saturated carbocycles. The number of aliphatic hydroxyl groups is 1. The van der Waals surface area contributed by atoms with Crippen LogP contribution in [0.1, 0.15) is 17.2 Å². The number of ketones is 1. The van der Waals surface area contributed by atoms with Gasteiger partial charge in [-0.05, 0) is 50.0 Å². The number of hydrogen-bond donors (Lipinski definition) is 1. The number of aliphatic hydroxyl groups excluding tert-OH is 1. The van der Waals surface area contributed by atoms with Crippen LogP contribution in [-0.4, -0.2) is 60.9 Å². The molecular weight excluding hydrogens is 394 g/mol. The molecule has 1 N–H and O–H groups in total. The van der Waals surface area contributed by atoms with Gasteiger partial charge in [-0.1, -0.05) is 12.1 Å². The molecule has 1 aliphatic rings. The van der Waals surface area contributed by atoms with Gasteiger partial charge in [0.2, 0.25) is 0 Å². The number of carbonyl (C=O) groups is 2. The third-order valence-electron chi connectivity index (χ3n) is 4.92. The van der Waals surface area contributed by atoms with E-state index >= 15 is 0 Å². The molecule has 0 bridgehead atoms. The lowest BCUT2D eigenvalue weighted by Crippen LogP contribution is -2.35. The second-order valence-electron chi connectivity index (χ2n) is 7.20. The highest BCUT2D eigenvalue weighted by molar-refractivity contribution is 6.46. The summed E-state index contributed by atoms with van der Waals surface area (Å²) in [5.41, 5.74) is 0.137. The maximum absolute atomic E-state index is 14.2. The predicted molar refractivity (Wildman–Crippen MR) is 107 cm³/mol.